The Morgan fingerprint density at radius 1 is 1.06 bits per heavy atom. The number of thiazole rings is 1. The van der Waals surface area contributed by atoms with E-state index in [4.69, 9.17) is 14.2 Å². The number of ether oxygens (including phenoxy) is 1. The van der Waals surface area contributed by atoms with Gasteiger partial charge in [0.15, 0.2) is 5.82 Å². The molecule has 1 aliphatic rings. The second-order valence-corrected chi connectivity index (χ2v) is 10.4. The van der Waals surface area contributed by atoms with Gasteiger partial charge in [-0.25, -0.2) is 15.0 Å². The first-order valence-corrected chi connectivity index (χ1v) is 13.4. The van der Waals surface area contributed by atoms with E-state index in [0.29, 0.717) is 17.1 Å². The van der Waals surface area contributed by atoms with Gasteiger partial charge >= 0.3 is 6.01 Å². The van der Waals surface area contributed by atoms with Crippen LogP contribution in [0.5, 0.6) is 5.19 Å². The van der Waals surface area contributed by atoms with Crippen molar-refractivity contribution >= 4 is 39.5 Å². The molecule has 1 fully saturated rings. The summed E-state index contributed by atoms with van der Waals surface area (Å²) in [6.07, 6.45) is 7.55. The van der Waals surface area contributed by atoms with E-state index < -0.39 is 0 Å². The molecule has 1 unspecified atom stereocenters. The normalized spacial score (nSPS) is 15.9. The largest absolute Gasteiger partial charge is 0.467 e. The molecule has 0 amide bonds. The van der Waals surface area contributed by atoms with Crippen molar-refractivity contribution < 1.29 is 9.26 Å². The standard InChI is InChI=1S/C23H27N7O2S2/c1-13(2)20-28-22(32-29-20)30-9-7-15(8-10-30)14(3)31-23-27-17-6-5-16(26-21(17)34-23)18-11-25-19(33-4)12-24-18/h5-6,11-15H,7-10H2,1-4H3. The van der Waals surface area contributed by atoms with E-state index in [0.717, 1.165) is 58.5 Å². The molecule has 0 aromatic carbocycles. The molecule has 1 saturated heterocycles. The van der Waals surface area contributed by atoms with Gasteiger partial charge in [-0.3, -0.25) is 4.98 Å². The Morgan fingerprint density at radius 2 is 1.88 bits per heavy atom. The molecule has 1 aliphatic heterocycles. The zero-order chi connectivity index (χ0) is 23.7. The molecule has 0 N–H and O–H groups in total. The maximum Gasteiger partial charge on any atom is 0.324 e. The summed E-state index contributed by atoms with van der Waals surface area (Å²) in [6.45, 7) is 8.00. The van der Waals surface area contributed by atoms with Gasteiger partial charge in [-0.2, -0.15) is 4.98 Å². The van der Waals surface area contributed by atoms with Gasteiger partial charge < -0.3 is 14.2 Å². The molecule has 34 heavy (non-hydrogen) atoms. The molecule has 5 rings (SSSR count). The molecule has 5 heterocycles. The maximum absolute atomic E-state index is 6.26. The Labute approximate surface area is 206 Å². The van der Waals surface area contributed by atoms with Crippen molar-refractivity contribution in [2.45, 2.75) is 50.7 Å². The predicted octanol–water partition coefficient (Wildman–Crippen LogP) is 5.06. The van der Waals surface area contributed by atoms with E-state index in [1.54, 1.807) is 24.2 Å². The van der Waals surface area contributed by atoms with Crippen LogP contribution in [-0.2, 0) is 0 Å². The number of thioether (sulfide) groups is 1. The average Bonchev–Trinajstić information content (AvgIpc) is 3.51. The first-order chi connectivity index (χ1) is 16.5. The molecule has 9 nitrogen and oxygen atoms in total. The van der Waals surface area contributed by atoms with E-state index in [1.165, 1.54) is 11.3 Å². The zero-order valence-corrected chi connectivity index (χ0v) is 21.3. The summed E-state index contributed by atoms with van der Waals surface area (Å²) in [5.74, 6) is 1.45. The van der Waals surface area contributed by atoms with Crippen molar-refractivity contribution in [1.82, 2.24) is 30.1 Å². The molecular weight excluding hydrogens is 470 g/mol. The summed E-state index contributed by atoms with van der Waals surface area (Å²) in [7, 11) is 0. The lowest BCUT2D eigenvalue weighted by Crippen LogP contribution is -2.38. The van der Waals surface area contributed by atoms with Crippen molar-refractivity contribution in [3.05, 3.63) is 30.4 Å². The fourth-order valence-electron chi connectivity index (χ4n) is 3.95. The number of rotatable bonds is 7. The fraction of sp³-hybridized carbons (Fsp3) is 0.478. The minimum Gasteiger partial charge on any atom is -0.467 e. The van der Waals surface area contributed by atoms with Crippen molar-refractivity contribution in [3.63, 3.8) is 0 Å². The fourth-order valence-corrected chi connectivity index (χ4v) is 5.14. The molecule has 0 saturated carbocycles. The number of fused-ring (bicyclic) bond motifs is 1. The SMILES string of the molecule is CSc1cnc(-c2ccc3nc(OC(C)C4CCN(c5nc(C(C)C)no5)CC4)sc3n2)cn1. The third kappa shape index (κ3) is 4.85. The summed E-state index contributed by atoms with van der Waals surface area (Å²) in [4.78, 5) is 25.8. The van der Waals surface area contributed by atoms with E-state index in [9.17, 15) is 0 Å². The number of nitrogens with zero attached hydrogens (tertiary/aromatic N) is 7. The van der Waals surface area contributed by atoms with Crippen molar-refractivity contribution in [2.24, 2.45) is 5.92 Å². The van der Waals surface area contributed by atoms with Crippen LogP contribution in [0.4, 0.5) is 6.01 Å². The number of hydrogen-bond donors (Lipinski definition) is 0. The highest BCUT2D eigenvalue weighted by molar-refractivity contribution is 7.98. The van der Waals surface area contributed by atoms with Gasteiger partial charge in [0.25, 0.3) is 5.19 Å². The molecule has 0 radical (unpaired) electrons. The molecule has 4 aromatic rings. The zero-order valence-electron chi connectivity index (χ0n) is 19.6. The van der Waals surface area contributed by atoms with Crippen LogP contribution in [0.15, 0.2) is 34.1 Å². The number of pyridine rings is 1. The van der Waals surface area contributed by atoms with Crippen molar-refractivity contribution in [1.29, 1.82) is 0 Å². The van der Waals surface area contributed by atoms with Gasteiger partial charge in [0.1, 0.15) is 27.2 Å². The molecule has 0 aliphatic carbocycles. The van der Waals surface area contributed by atoms with E-state index in [-0.39, 0.29) is 12.0 Å². The Morgan fingerprint density at radius 3 is 2.56 bits per heavy atom. The Bertz CT molecular complexity index is 1250. The third-order valence-electron chi connectivity index (χ3n) is 6.04. The first kappa shape index (κ1) is 23.0. The Hall–Kier alpha value is -2.79. The lowest BCUT2D eigenvalue weighted by Gasteiger charge is -2.33. The highest BCUT2D eigenvalue weighted by Gasteiger charge is 2.28. The highest BCUT2D eigenvalue weighted by Crippen LogP contribution is 2.32. The number of hydrogen-bond acceptors (Lipinski definition) is 11. The minimum absolute atomic E-state index is 0.0565. The van der Waals surface area contributed by atoms with Crippen LogP contribution >= 0.6 is 23.1 Å². The van der Waals surface area contributed by atoms with Gasteiger partial charge in [0.2, 0.25) is 0 Å². The molecule has 4 aromatic heterocycles. The lowest BCUT2D eigenvalue weighted by atomic mass is 9.92. The first-order valence-electron chi connectivity index (χ1n) is 11.4. The monoisotopic (exact) mass is 497 g/mol. The summed E-state index contributed by atoms with van der Waals surface area (Å²) in [5, 5.41) is 5.62. The van der Waals surface area contributed by atoms with Gasteiger partial charge in [-0.05, 0) is 44.1 Å². The van der Waals surface area contributed by atoms with Crippen LogP contribution in [-0.4, -0.2) is 55.5 Å². The highest BCUT2D eigenvalue weighted by atomic mass is 32.2. The maximum atomic E-state index is 6.26. The van der Waals surface area contributed by atoms with Crippen LogP contribution in [0.1, 0.15) is 45.4 Å². The van der Waals surface area contributed by atoms with E-state index in [2.05, 4.69) is 50.8 Å². The molecule has 11 heteroatoms. The van der Waals surface area contributed by atoms with Crippen LogP contribution in [0.3, 0.4) is 0 Å². The minimum atomic E-state index is 0.0565. The Kier molecular flexibility index (Phi) is 6.64. The number of aromatic nitrogens is 6. The quantitative estimate of drug-likeness (QED) is 0.322. The summed E-state index contributed by atoms with van der Waals surface area (Å²) in [6, 6.07) is 4.51. The molecule has 178 valence electrons. The summed E-state index contributed by atoms with van der Waals surface area (Å²) >= 11 is 3.03. The van der Waals surface area contributed by atoms with Crippen molar-refractivity contribution in [3.8, 4) is 16.6 Å². The van der Waals surface area contributed by atoms with Gasteiger partial charge in [-0.15, -0.1) is 11.8 Å². The average molecular weight is 498 g/mol. The second-order valence-electron chi connectivity index (χ2n) is 8.68. The van der Waals surface area contributed by atoms with Crippen molar-refractivity contribution in [2.75, 3.05) is 24.2 Å². The summed E-state index contributed by atoms with van der Waals surface area (Å²) < 4.78 is 11.7. The second kappa shape index (κ2) is 9.83. The summed E-state index contributed by atoms with van der Waals surface area (Å²) in [5.41, 5.74) is 2.36. The molecule has 0 bridgehead atoms. The third-order valence-corrected chi connectivity index (χ3v) is 7.53. The number of anilines is 1. The van der Waals surface area contributed by atoms with Crippen LogP contribution in [0.2, 0.25) is 0 Å². The number of piperidine rings is 1. The van der Waals surface area contributed by atoms with E-state index >= 15 is 0 Å². The van der Waals surface area contributed by atoms with Gasteiger partial charge in [0, 0.05) is 19.0 Å². The smallest absolute Gasteiger partial charge is 0.324 e. The van der Waals surface area contributed by atoms with Gasteiger partial charge in [-0.1, -0.05) is 30.3 Å². The van der Waals surface area contributed by atoms with Gasteiger partial charge in [0.05, 0.1) is 18.1 Å². The molecule has 0 spiro atoms. The molecular formula is C23H27N7O2S2. The predicted molar refractivity (Wildman–Crippen MR) is 134 cm³/mol. The topological polar surface area (TPSA) is 103 Å². The van der Waals surface area contributed by atoms with Crippen LogP contribution in [0, 0.1) is 5.92 Å². The Balaban J connectivity index is 1.21. The van der Waals surface area contributed by atoms with Crippen LogP contribution in [0.25, 0.3) is 21.7 Å². The lowest BCUT2D eigenvalue weighted by molar-refractivity contribution is 0.131. The molecule has 1 atom stereocenters. The van der Waals surface area contributed by atoms with Crippen LogP contribution < -0.4 is 9.64 Å². The van der Waals surface area contributed by atoms with E-state index in [1.807, 2.05) is 18.4 Å².